The molecular weight excluding hydrogens is 494 g/mol. The lowest BCUT2D eigenvalue weighted by Crippen LogP contribution is -2.32. The maximum Gasteiger partial charge on any atom is 0.270 e. The number of carbonyl (C=O) groups excluding carboxylic acids is 1. The molecule has 3 aromatic rings. The van der Waals surface area contributed by atoms with Crippen LogP contribution in [0.2, 0.25) is 5.02 Å². The largest absolute Gasteiger partial charge is 0.372 e. The van der Waals surface area contributed by atoms with Crippen molar-refractivity contribution < 1.29 is 13.2 Å². The van der Waals surface area contributed by atoms with E-state index in [4.69, 9.17) is 11.6 Å². The Kier molecular flexibility index (Phi) is 7.51. The first-order chi connectivity index (χ1) is 16.2. The maximum absolute atomic E-state index is 12.8. The molecule has 1 aliphatic heterocycles. The molecule has 2 aromatic carbocycles. The van der Waals surface area contributed by atoms with Gasteiger partial charge in [-0.2, -0.15) is 0 Å². The number of sulfonamides is 1. The summed E-state index contributed by atoms with van der Waals surface area (Å²) >= 11 is 6.62. The normalized spacial score (nSPS) is 15.8. The lowest BCUT2D eigenvalue weighted by Gasteiger charge is -2.32. The molecule has 2 N–H and O–H groups in total. The highest BCUT2D eigenvalue weighted by atomic mass is 35.5. The van der Waals surface area contributed by atoms with E-state index in [1.54, 1.807) is 31.2 Å². The second-order valence-electron chi connectivity index (χ2n) is 8.44. The van der Waals surface area contributed by atoms with E-state index in [0.29, 0.717) is 10.6 Å². The van der Waals surface area contributed by atoms with Crippen LogP contribution in [0.15, 0.2) is 52.9 Å². The predicted octanol–water partition coefficient (Wildman–Crippen LogP) is 4.72. The fourth-order valence-electron chi connectivity index (χ4n) is 3.73. The second kappa shape index (κ2) is 10.4. The van der Waals surface area contributed by atoms with Crippen LogP contribution in [0.25, 0.3) is 0 Å². The van der Waals surface area contributed by atoms with Gasteiger partial charge in [-0.15, -0.1) is 10.2 Å². The smallest absolute Gasteiger partial charge is 0.270 e. The van der Waals surface area contributed by atoms with Crippen LogP contribution in [-0.2, 0) is 10.0 Å². The minimum Gasteiger partial charge on any atom is -0.372 e. The van der Waals surface area contributed by atoms with E-state index >= 15 is 0 Å². The van der Waals surface area contributed by atoms with Crippen molar-refractivity contribution in [3.05, 3.63) is 64.7 Å². The van der Waals surface area contributed by atoms with Crippen molar-refractivity contribution in [3.8, 4) is 0 Å². The summed E-state index contributed by atoms with van der Waals surface area (Å²) in [5, 5.41) is 10.7. The highest BCUT2D eigenvalue weighted by Gasteiger charge is 2.24. The van der Waals surface area contributed by atoms with Crippen LogP contribution in [0.3, 0.4) is 0 Å². The summed E-state index contributed by atoms with van der Waals surface area (Å²) in [5.74, 6) is 0.331. The average molecular weight is 520 g/mol. The summed E-state index contributed by atoms with van der Waals surface area (Å²) in [5.41, 5.74) is 2.37. The molecule has 8 nitrogen and oxygen atoms in total. The third-order valence-corrected chi connectivity index (χ3v) is 8.84. The van der Waals surface area contributed by atoms with E-state index in [0.717, 1.165) is 41.6 Å². The lowest BCUT2D eigenvalue weighted by atomic mass is 9.98. The first kappa shape index (κ1) is 24.6. The standard InChI is InChI=1S/C23H26ClN5O3S2/c1-15-11-13-29(14-12-15)20-9-5-17(6-10-20)16(2)28-34(31,32)23-27-26-22(33-23)25-21(30)18-3-7-19(24)8-4-18/h3-10,15-16,28H,11-14H2,1-2H3,(H,25,26,30)/t16-/m1/s1. The number of piperidine rings is 1. The maximum atomic E-state index is 12.8. The van der Waals surface area contributed by atoms with E-state index in [-0.39, 0.29) is 9.47 Å². The van der Waals surface area contributed by atoms with Crippen LogP contribution in [0, 0.1) is 5.92 Å². The van der Waals surface area contributed by atoms with E-state index in [9.17, 15) is 13.2 Å². The first-order valence-electron chi connectivity index (χ1n) is 11.0. The predicted molar refractivity (Wildman–Crippen MR) is 135 cm³/mol. The fourth-order valence-corrected chi connectivity index (χ4v) is 6.00. The molecule has 0 unspecified atom stereocenters. The molecule has 1 fully saturated rings. The minimum absolute atomic E-state index is 0.0909. The van der Waals surface area contributed by atoms with Crippen molar-refractivity contribution >= 4 is 49.7 Å². The molecular formula is C23H26ClN5O3S2. The van der Waals surface area contributed by atoms with Crippen molar-refractivity contribution in [3.63, 3.8) is 0 Å². The molecule has 0 spiro atoms. The number of anilines is 2. The first-order valence-corrected chi connectivity index (χ1v) is 13.7. The molecule has 2 heterocycles. The van der Waals surface area contributed by atoms with Crippen molar-refractivity contribution in [2.75, 3.05) is 23.3 Å². The van der Waals surface area contributed by atoms with E-state index < -0.39 is 22.0 Å². The molecule has 0 radical (unpaired) electrons. The third-order valence-electron chi connectivity index (χ3n) is 5.84. The van der Waals surface area contributed by atoms with Crippen molar-refractivity contribution in [2.45, 2.75) is 37.1 Å². The molecule has 0 aliphatic carbocycles. The topological polar surface area (TPSA) is 104 Å². The Bertz CT molecular complexity index is 1240. The van der Waals surface area contributed by atoms with Gasteiger partial charge in [0.05, 0.1) is 0 Å². The highest BCUT2D eigenvalue weighted by molar-refractivity contribution is 7.91. The van der Waals surface area contributed by atoms with Crippen molar-refractivity contribution in [1.82, 2.24) is 14.9 Å². The molecule has 1 aromatic heterocycles. The third kappa shape index (κ3) is 5.93. The van der Waals surface area contributed by atoms with Gasteiger partial charge in [0.15, 0.2) is 0 Å². The van der Waals surface area contributed by atoms with Crippen LogP contribution in [0.5, 0.6) is 0 Å². The number of benzene rings is 2. The molecule has 11 heteroatoms. The quantitative estimate of drug-likeness (QED) is 0.438. The summed E-state index contributed by atoms with van der Waals surface area (Å²) in [7, 11) is -3.91. The number of amides is 1. The molecule has 4 rings (SSSR count). The number of halogens is 1. The SMILES string of the molecule is CC1CCN(c2ccc([C@@H](C)NS(=O)(=O)c3nnc(NC(=O)c4ccc(Cl)cc4)s3)cc2)CC1. The van der Waals surface area contributed by atoms with Gasteiger partial charge in [0.25, 0.3) is 15.9 Å². The highest BCUT2D eigenvalue weighted by Crippen LogP contribution is 2.26. The summed E-state index contributed by atoms with van der Waals surface area (Å²) in [4.78, 5) is 14.7. The minimum atomic E-state index is -3.91. The van der Waals surface area contributed by atoms with Crippen LogP contribution < -0.4 is 14.9 Å². The lowest BCUT2D eigenvalue weighted by molar-refractivity contribution is 0.102. The van der Waals surface area contributed by atoms with E-state index in [2.05, 4.69) is 32.1 Å². The summed E-state index contributed by atoms with van der Waals surface area (Å²) in [6.45, 7) is 6.13. The summed E-state index contributed by atoms with van der Waals surface area (Å²) in [6.07, 6.45) is 2.36. The van der Waals surface area contributed by atoms with Gasteiger partial charge in [0.1, 0.15) is 0 Å². The molecule has 0 saturated carbocycles. The molecule has 180 valence electrons. The van der Waals surface area contributed by atoms with Crippen LogP contribution in [-0.4, -0.2) is 37.6 Å². The van der Waals surface area contributed by atoms with Gasteiger partial charge in [-0.3, -0.25) is 10.1 Å². The van der Waals surface area contributed by atoms with Gasteiger partial charge >= 0.3 is 0 Å². The van der Waals surface area contributed by atoms with Gasteiger partial charge in [-0.25, -0.2) is 13.1 Å². The van der Waals surface area contributed by atoms with E-state index in [1.165, 1.54) is 12.8 Å². The number of nitrogens with zero attached hydrogens (tertiary/aromatic N) is 3. The number of hydrogen-bond donors (Lipinski definition) is 2. The Morgan fingerprint density at radius 3 is 2.38 bits per heavy atom. The molecule has 1 aliphatic rings. The number of aromatic nitrogens is 2. The van der Waals surface area contributed by atoms with Gasteiger partial charge in [0.2, 0.25) is 9.47 Å². The monoisotopic (exact) mass is 519 g/mol. The fraction of sp³-hybridized carbons (Fsp3) is 0.348. The number of carbonyl (C=O) groups is 1. The van der Waals surface area contributed by atoms with Crippen LogP contribution in [0.4, 0.5) is 10.8 Å². The Balaban J connectivity index is 1.38. The van der Waals surface area contributed by atoms with Crippen molar-refractivity contribution in [2.24, 2.45) is 5.92 Å². The van der Waals surface area contributed by atoms with Gasteiger partial charge < -0.3 is 4.90 Å². The average Bonchev–Trinajstić information content (AvgIpc) is 3.29. The summed E-state index contributed by atoms with van der Waals surface area (Å²) in [6, 6.07) is 13.8. The number of nitrogens with one attached hydrogen (secondary N) is 2. The Morgan fingerprint density at radius 2 is 1.74 bits per heavy atom. The molecule has 34 heavy (non-hydrogen) atoms. The zero-order valence-corrected chi connectivity index (χ0v) is 21.3. The Hall–Kier alpha value is -2.53. The number of hydrogen-bond acceptors (Lipinski definition) is 7. The zero-order valence-electron chi connectivity index (χ0n) is 18.9. The molecule has 1 atom stereocenters. The molecule has 1 amide bonds. The van der Waals surface area contributed by atoms with Crippen LogP contribution in [0.1, 0.15) is 48.7 Å². The number of rotatable bonds is 7. The Morgan fingerprint density at radius 1 is 1.09 bits per heavy atom. The molecule has 1 saturated heterocycles. The van der Waals surface area contributed by atoms with Gasteiger partial charge in [-0.05, 0) is 67.6 Å². The van der Waals surface area contributed by atoms with E-state index in [1.807, 2.05) is 24.3 Å². The zero-order chi connectivity index (χ0) is 24.3. The van der Waals surface area contributed by atoms with Gasteiger partial charge in [0, 0.05) is 35.4 Å². The second-order valence-corrected chi connectivity index (χ2v) is 11.7. The van der Waals surface area contributed by atoms with Crippen molar-refractivity contribution in [1.29, 1.82) is 0 Å². The summed E-state index contributed by atoms with van der Waals surface area (Å²) < 4.78 is 28.1. The Labute approximate surface area is 208 Å². The van der Waals surface area contributed by atoms with Gasteiger partial charge in [-0.1, -0.05) is 42.0 Å². The molecule has 0 bridgehead atoms. The van der Waals surface area contributed by atoms with Crippen LogP contribution >= 0.6 is 22.9 Å².